The lowest BCUT2D eigenvalue weighted by Crippen LogP contribution is -2.45. The van der Waals surface area contributed by atoms with Gasteiger partial charge in [0.2, 0.25) is 5.91 Å². The molecule has 0 spiro atoms. The third kappa shape index (κ3) is 4.44. The smallest absolute Gasteiger partial charge is 0.238 e. The summed E-state index contributed by atoms with van der Waals surface area (Å²) in [5.74, 6) is -0.00675. The molecular weight excluding hydrogens is 266 g/mol. The molecular formula is C16H25N3O2. The van der Waals surface area contributed by atoms with Crippen LogP contribution in [0.3, 0.4) is 0 Å². The van der Waals surface area contributed by atoms with Gasteiger partial charge in [-0.1, -0.05) is 6.42 Å². The summed E-state index contributed by atoms with van der Waals surface area (Å²) in [5, 5.41) is 11.9. The molecule has 5 heteroatoms. The van der Waals surface area contributed by atoms with Crippen LogP contribution in [0.15, 0.2) is 18.2 Å². The summed E-state index contributed by atoms with van der Waals surface area (Å²) < 4.78 is 0. The van der Waals surface area contributed by atoms with E-state index in [-0.39, 0.29) is 12.5 Å². The van der Waals surface area contributed by atoms with E-state index in [9.17, 15) is 4.79 Å². The predicted octanol–water partition coefficient (Wildman–Crippen LogP) is 1.75. The summed E-state index contributed by atoms with van der Waals surface area (Å²) >= 11 is 0. The van der Waals surface area contributed by atoms with Gasteiger partial charge in [0.15, 0.2) is 0 Å². The van der Waals surface area contributed by atoms with Crippen molar-refractivity contribution in [1.29, 1.82) is 0 Å². The minimum atomic E-state index is -0.00675. The van der Waals surface area contributed by atoms with E-state index in [1.165, 1.54) is 6.42 Å². The Morgan fingerprint density at radius 2 is 2.24 bits per heavy atom. The number of carbonyl (C=O) groups excluding carboxylic acids is 1. The average molecular weight is 291 g/mol. The molecule has 0 unspecified atom stereocenters. The number of anilines is 2. The largest absolute Gasteiger partial charge is 0.399 e. The Hall–Kier alpha value is -1.59. The van der Waals surface area contributed by atoms with Gasteiger partial charge in [0, 0.05) is 30.6 Å². The molecule has 0 bridgehead atoms. The van der Waals surface area contributed by atoms with Gasteiger partial charge in [-0.15, -0.1) is 0 Å². The number of rotatable bonds is 7. The first-order valence-corrected chi connectivity index (χ1v) is 7.61. The monoisotopic (exact) mass is 291 g/mol. The number of nitrogens with one attached hydrogen (secondary N) is 1. The topological polar surface area (TPSA) is 78.6 Å². The molecule has 1 aromatic rings. The Morgan fingerprint density at radius 3 is 2.81 bits per heavy atom. The maximum atomic E-state index is 12.2. The second-order valence-electron chi connectivity index (χ2n) is 5.75. The highest BCUT2D eigenvalue weighted by Gasteiger charge is 2.26. The second-order valence-corrected chi connectivity index (χ2v) is 5.75. The van der Waals surface area contributed by atoms with Crippen molar-refractivity contribution >= 4 is 17.3 Å². The van der Waals surface area contributed by atoms with E-state index in [1.54, 1.807) is 6.07 Å². The summed E-state index contributed by atoms with van der Waals surface area (Å²) in [7, 11) is 0. The van der Waals surface area contributed by atoms with Gasteiger partial charge < -0.3 is 16.2 Å². The normalized spacial score (nSPS) is 15.0. The van der Waals surface area contributed by atoms with Crippen LogP contribution in [-0.4, -0.2) is 41.7 Å². The third-order valence-electron chi connectivity index (χ3n) is 4.07. The molecule has 1 fully saturated rings. The maximum Gasteiger partial charge on any atom is 0.238 e. The second kappa shape index (κ2) is 7.43. The number of nitrogens with zero attached hydrogens (tertiary/aromatic N) is 1. The number of benzene rings is 1. The van der Waals surface area contributed by atoms with Crippen LogP contribution in [-0.2, 0) is 4.79 Å². The summed E-state index contributed by atoms with van der Waals surface area (Å²) in [4.78, 5) is 14.4. The lowest BCUT2D eigenvalue weighted by atomic mass is 9.91. The fraction of sp³-hybridized carbons (Fsp3) is 0.562. The average Bonchev–Trinajstić information content (AvgIpc) is 2.37. The number of aryl methyl sites for hydroxylation is 1. The summed E-state index contributed by atoms with van der Waals surface area (Å²) in [6.45, 7) is 3.26. The molecule has 5 nitrogen and oxygen atoms in total. The quantitative estimate of drug-likeness (QED) is 0.669. The Labute approximate surface area is 126 Å². The molecule has 0 aliphatic heterocycles. The van der Waals surface area contributed by atoms with Crippen LogP contribution in [0.5, 0.6) is 0 Å². The number of hydrogen-bond donors (Lipinski definition) is 3. The molecule has 1 aromatic carbocycles. The van der Waals surface area contributed by atoms with Crippen molar-refractivity contribution in [3.63, 3.8) is 0 Å². The first-order valence-electron chi connectivity index (χ1n) is 7.61. The van der Waals surface area contributed by atoms with Crippen molar-refractivity contribution in [1.82, 2.24) is 4.90 Å². The van der Waals surface area contributed by atoms with Gasteiger partial charge in [-0.3, -0.25) is 9.69 Å². The SMILES string of the molecule is Cc1cc(N)ccc1NC(=O)CN(CCCO)C1CCC1. The van der Waals surface area contributed by atoms with Crippen LogP contribution in [0.25, 0.3) is 0 Å². The zero-order valence-corrected chi connectivity index (χ0v) is 12.6. The molecule has 21 heavy (non-hydrogen) atoms. The van der Waals surface area contributed by atoms with Gasteiger partial charge in [-0.25, -0.2) is 0 Å². The fourth-order valence-corrected chi connectivity index (χ4v) is 2.62. The fourth-order valence-electron chi connectivity index (χ4n) is 2.62. The molecule has 0 radical (unpaired) electrons. The third-order valence-corrected chi connectivity index (χ3v) is 4.07. The maximum absolute atomic E-state index is 12.2. The highest BCUT2D eigenvalue weighted by atomic mass is 16.3. The molecule has 1 amide bonds. The molecule has 116 valence electrons. The van der Waals surface area contributed by atoms with E-state index in [2.05, 4.69) is 10.2 Å². The van der Waals surface area contributed by atoms with Crippen molar-refractivity contribution in [2.45, 2.75) is 38.6 Å². The summed E-state index contributed by atoms with van der Waals surface area (Å²) in [6.07, 6.45) is 4.25. The highest BCUT2D eigenvalue weighted by molar-refractivity contribution is 5.93. The van der Waals surface area contributed by atoms with Crippen molar-refractivity contribution in [3.05, 3.63) is 23.8 Å². The minimum absolute atomic E-state index is 0.00675. The summed E-state index contributed by atoms with van der Waals surface area (Å²) in [5.41, 5.74) is 8.19. The van der Waals surface area contributed by atoms with Crippen LogP contribution in [0, 0.1) is 6.92 Å². The Balaban J connectivity index is 1.91. The molecule has 1 aliphatic rings. The molecule has 0 saturated heterocycles. The zero-order valence-electron chi connectivity index (χ0n) is 12.6. The van der Waals surface area contributed by atoms with Gasteiger partial charge in [0.05, 0.1) is 6.54 Å². The van der Waals surface area contributed by atoms with Crippen LogP contribution < -0.4 is 11.1 Å². The predicted molar refractivity (Wildman–Crippen MR) is 85.1 cm³/mol. The number of aliphatic hydroxyl groups excluding tert-OH is 1. The van der Waals surface area contributed by atoms with Crippen LogP contribution >= 0.6 is 0 Å². The van der Waals surface area contributed by atoms with Gasteiger partial charge in [-0.05, 0) is 49.9 Å². The molecule has 1 aliphatic carbocycles. The van der Waals surface area contributed by atoms with Gasteiger partial charge in [-0.2, -0.15) is 0 Å². The van der Waals surface area contributed by atoms with E-state index < -0.39 is 0 Å². The Bertz CT molecular complexity index is 486. The zero-order chi connectivity index (χ0) is 15.2. The molecule has 4 N–H and O–H groups in total. The lowest BCUT2D eigenvalue weighted by molar-refractivity contribution is -0.118. The number of amides is 1. The van der Waals surface area contributed by atoms with Crippen LogP contribution in [0.4, 0.5) is 11.4 Å². The van der Waals surface area contributed by atoms with Gasteiger partial charge in [0.25, 0.3) is 0 Å². The standard InChI is InChI=1S/C16H25N3O2/c1-12-10-13(17)6-7-15(12)18-16(21)11-19(8-3-9-20)14-4-2-5-14/h6-7,10,14,20H,2-5,8-9,11,17H2,1H3,(H,18,21). The van der Waals surface area contributed by atoms with E-state index in [0.29, 0.717) is 24.7 Å². The molecule has 0 atom stereocenters. The van der Waals surface area contributed by atoms with Crippen molar-refractivity contribution < 1.29 is 9.90 Å². The number of hydrogen-bond acceptors (Lipinski definition) is 4. The highest BCUT2D eigenvalue weighted by Crippen LogP contribution is 2.25. The Morgan fingerprint density at radius 1 is 1.48 bits per heavy atom. The van der Waals surface area contributed by atoms with Crippen molar-refractivity contribution in [2.75, 3.05) is 30.7 Å². The van der Waals surface area contributed by atoms with Crippen molar-refractivity contribution in [3.8, 4) is 0 Å². The van der Waals surface area contributed by atoms with E-state index in [1.807, 2.05) is 19.1 Å². The van der Waals surface area contributed by atoms with Crippen LogP contribution in [0.1, 0.15) is 31.2 Å². The molecule has 0 aromatic heterocycles. The molecule has 0 heterocycles. The summed E-state index contributed by atoms with van der Waals surface area (Å²) in [6, 6.07) is 5.97. The van der Waals surface area contributed by atoms with E-state index >= 15 is 0 Å². The van der Waals surface area contributed by atoms with Crippen molar-refractivity contribution in [2.24, 2.45) is 0 Å². The lowest BCUT2D eigenvalue weighted by Gasteiger charge is -2.37. The van der Waals surface area contributed by atoms with Gasteiger partial charge >= 0.3 is 0 Å². The number of aliphatic hydroxyl groups is 1. The van der Waals surface area contributed by atoms with Gasteiger partial charge in [0.1, 0.15) is 0 Å². The number of nitrogens with two attached hydrogens (primary N) is 1. The van der Waals surface area contributed by atoms with E-state index in [0.717, 1.165) is 30.6 Å². The number of carbonyl (C=O) groups is 1. The Kier molecular flexibility index (Phi) is 5.59. The molecule has 1 saturated carbocycles. The van der Waals surface area contributed by atoms with Crippen LogP contribution in [0.2, 0.25) is 0 Å². The first kappa shape index (κ1) is 15.8. The minimum Gasteiger partial charge on any atom is -0.399 e. The molecule has 2 rings (SSSR count). The van der Waals surface area contributed by atoms with E-state index in [4.69, 9.17) is 10.8 Å². The first-order chi connectivity index (χ1) is 10.1. The number of nitrogen functional groups attached to an aromatic ring is 1.